The minimum atomic E-state index is -1.45. The van der Waals surface area contributed by atoms with Crippen LogP contribution in [0.5, 0.6) is 11.5 Å². The van der Waals surface area contributed by atoms with Crippen LogP contribution in [0, 0.1) is 0 Å². The second-order valence-corrected chi connectivity index (χ2v) is 2.46. The van der Waals surface area contributed by atoms with E-state index in [2.05, 4.69) is 5.32 Å². The monoisotopic (exact) mass is 197 g/mol. The van der Waals surface area contributed by atoms with E-state index >= 15 is 0 Å². The molecule has 0 unspecified atom stereocenters. The number of rotatable bonds is 3. The topological polar surface area (TPSA) is 107 Å². The fourth-order valence-electron chi connectivity index (χ4n) is 0.982. The lowest BCUT2D eigenvalue weighted by atomic mass is 10.1. The van der Waals surface area contributed by atoms with Gasteiger partial charge in [0.25, 0.3) is 0 Å². The van der Waals surface area contributed by atoms with Crippen molar-refractivity contribution in [2.45, 2.75) is 0 Å². The van der Waals surface area contributed by atoms with E-state index in [9.17, 15) is 19.8 Å². The van der Waals surface area contributed by atoms with Gasteiger partial charge in [-0.05, 0) is 0 Å². The normalized spacial score (nSPS) is 9.43. The third kappa shape index (κ3) is 1.74. The molecular formula is C8H7NO5. The third-order valence-corrected chi connectivity index (χ3v) is 1.54. The summed E-state index contributed by atoms with van der Waals surface area (Å²) in [5.74, 6) is -2.67. The van der Waals surface area contributed by atoms with Gasteiger partial charge in [0.1, 0.15) is 17.1 Å². The predicted octanol–water partition coefficient (Wildman–Crippen LogP) is 0.364. The Morgan fingerprint density at radius 3 is 2.14 bits per heavy atom. The van der Waals surface area contributed by atoms with E-state index in [1.807, 2.05) is 0 Å². The van der Waals surface area contributed by atoms with Gasteiger partial charge >= 0.3 is 5.97 Å². The maximum atomic E-state index is 10.5. The van der Waals surface area contributed by atoms with Crippen molar-refractivity contribution in [1.82, 2.24) is 0 Å². The molecule has 4 N–H and O–H groups in total. The van der Waals surface area contributed by atoms with Crippen molar-refractivity contribution < 1.29 is 24.9 Å². The van der Waals surface area contributed by atoms with Crippen LogP contribution in [0.1, 0.15) is 10.4 Å². The van der Waals surface area contributed by atoms with Crippen LogP contribution in [0.2, 0.25) is 0 Å². The first kappa shape index (κ1) is 9.85. The fraction of sp³-hybridized carbons (Fsp3) is 0. The molecule has 0 fully saturated rings. The van der Waals surface area contributed by atoms with E-state index in [4.69, 9.17) is 5.11 Å². The predicted molar refractivity (Wildman–Crippen MR) is 46.4 cm³/mol. The molecule has 74 valence electrons. The summed E-state index contributed by atoms with van der Waals surface area (Å²) in [5.41, 5.74) is -0.485. The zero-order valence-corrected chi connectivity index (χ0v) is 6.89. The van der Waals surface area contributed by atoms with Crippen LogP contribution in [0.25, 0.3) is 0 Å². The number of hydrogen-bond donors (Lipinski definition) is 4. The minimum absolute atomic E-state index is 0.111. The third-order valence-electron chi connectivity index (χ3n) is 1.54. The number of carboxylic acid groups (broad SMARTS) is 1. The van der Waals surface area contributed by atoms with E-state index in [1.165, 1.54) is 0 Å². The van der Waals surface area contributed by atoms with Gasteiger partial charge in [-0.1, -0.05) is 0 Å². The van der Waals surface area contributed by atoms with Gasteiger partial charge in [0.2, 0.25) is 6.41 Å². The number of anilines is 1. The van der Waals surface area contributed by atoms with Gasteiger partial charge in [-0.3, -0.25) is 4.79 Å². The average Bonchev–Trinajstić information content (AvgIpc) is 2.01. The number of phenols is 2. The van der Waals surface area contributed by atoms with Gasteiger partial charge in [0.05, 0.1) is 0 Å². The average molecular weight is 197 g/mol. The number of carbonyl (C=O) groups excluding carboxylic acids is 1. The second-order valence-electron chi connectivity index (χ2n) is 2.46. The standard InChI is InChI=1S/C8H7NO5/c10-3-9-4-1-5(11)7(8(13)14)6(12)2-4/h1-3,11-12H,(H,9,10)(H,13,14). The van der Waals surface area contributed by atoms with Crippen molar-refractivity contribution in [2.24, 2.45) is 0 Å². The van der Waals surface area contributed by atoms with Crippen LogP contribution < -0.4 is 5.32 Å². The molecule has 1 aromatic carbocycles. The van der Waals surface area contributed by atoms with Crippen LogP contribution in [0.4, 0.5) is 5.69 Å². The minimum Gasteiger partial charge on any atom is -0.507 e. The molecule has 6 heteroatoms. The van der Waals surface area contributed by atoms with Crippen molar-refractivity contribution >= 4 is 18.1 Å². The molecular weight excluding hydrogens is 190 g/mol. The maximum absolute atomic E-state index is 10.5. The molecule has 0 aliphatic carbocycles. The Morgan fingerprint density at radius 1 is 1.29 bits per heavy atom. The van der Waals surface area contributed by atoms with Gasteiger partial charge < -0.3 is 20.6 Å². The summed E-state index contributed by atoms with van der Waals surface area (Å²) in [4.78, 5) is 20.5. The number of aromatic hydroxyl groups is 2. The number of benzene rings is 1. The zero-order chi connectivity index (χ0) is 10.7. The Hall–Kier alpha value is -2.24. The Morgan fingerprint density at radius 2 is 1.79 bits per heavy atom. The Labute approximate surface area is 78.4 Å². The van der Waals surface area contributed by atoms with E-state index < -0.39 is 23.0 Å². The van der Waals surface area contributed by atoms with Gasteiger partial charge in [0.15, 0.2) is 0 Å². The van der Waals surface area contributed by atoms with Gasteiger partial charge in [-0.15, -0.1) is 0 Å². The van der Waals surface area contributed by atoms with Gasteiger partial charge in [-0.25, -0.2) is 4.79 Å². The first-order chi connectivity index (χ1) is 6.56. The van der Waals surface area contributed by atoms with E-state index in [0.29, 0.717) is 6.41 Å². The van der Waals surface area contributed by atoms with E-state index in [1.54, 1.807) is 0 Å². The lowest BCUT2D eigenvalue weighted by Crippen LogP contribution is -2.00. The number of hydrogen-bond acceptors (Lipinski definition) is 4. The Kier molecular flexibility index (Phi) is 2.57. The molecule has 6 nitrogen and oxygen atoms in total. The molecule has 0 radical (unpaired) electrons. The smallest absolute Gasteiger partial charge is 0.343 e. The summed E-state index contributed by atoms with van der Waals surface area (Å²) in [6.45, 7) is 0. The summed E-state index contributed by atoms with van der Waals surface area (Å²) < 4.78 is 0. The van der Waals surface area contributed by atoms with Crippen molar-refractivity contribution in [2.75, 3.05) is 5.32 Å². The summed E-state index contributed by atoms with van der Waals surface area (Å²) in [6.07, 6.45) is 0.342. The molecule has 0 heterocycles. The molecule has 0 saturated carbocycles. The molecule has 0 aliphatic heterocycles. The molecule has 14 heavy (non-hydrogen) atoms. The summed E-state index contributed by atoms with van der Waals surface area (Å²) in [6, 6.07) is 2.05. The summed E-state index contributed by atoms with van der Waals surface area (Å²) >= 11 is 0. The van der Waals surface area contributed by atoms with Gasteiger partial charge in [-0.2, -0.15) is 0 Å². The number of nitrogens with one attached hydrogen (secondary N) is 1. The first-order valence-electron chi connectivity index (χ1n) is 3.55. The lowest BCUT2D eigenvalue weighted by Gasteiger charge is -2.05. The molecule has 0 aromatic heterocycles. The highest BCUT2D eigenvalue weighted by Gasteiger charge is 2.16. The fourth-order valence-corrected chi connectivity index (χ4v) is 0.982. The highest BCUT2D eigenvalue weighted by atomic mass is 16.4. The van der Waals surface area contributed by atoms with Crippen molar-refractivity contribution in [3.63, 3.8) is 0 Å². The molecule has 1 rings (SSSR count). The molecule has 0 atom stereocenters. The maximum Gasteiger partial charge on any atom is 0.343 e. The van der Waals surface area contributed by atoms with Crippen LogP contribution in [-0.2, 0) is 4.79 Å². The second kappa shape index (κ2) is 3.65. The molecule has 0 bridgehead atoms. The molecule has 0 spiro atoms. The molecule has 1 aromatic rings. The van der Waals surface area contributed by atoms with Crippen molar-refractivity contribution in [3.8, 4) is 11.5 Å². The number of aromatic carboxylic acids is 1. The van der Waals surface area contributed by atoms with Crippen LogP contribution in [-0.4, -0.2) is 27.7 Å². The van der Waals surface area contributed by atoms with E-state index in [0.717, 1.165) is 12.1 Å². The highest BCUT2D eigenvalue weighted by Crippen LogP contribution is 2.30. The van der Waals surface area contributed by atoms with Gasteiger partial charge in [0, 0.05) is 17.8 Å². The lowest BCUT2D eigenvalue weighted by molar-refractivity contribution is -0.105. The van der Waals surface area contributed by atoms with Crippen molar-refractivity contribution in [1.29, 1.82) is 0 Å². The number of amides is 1. The van der Waals surface area contributed by atoms with E-state index in [-0.39, 0.29) is 5.69 Å². The largest absolute Gasteiger partial charge is 0.507 e. The molecule has 0 saturated heterocycles. The molecule has 1 amide bonds. The Balaban J connectivity index is 3.24. The zero-order valence-electron chi connectivity index (χ0n) is 6.89. The van der Waals surface area contributed by atoms with Crippen LogP contribution in [0.3, 0.4) is 0 Å². The summed E-state index contributed by atoms with van der Waals surface area (Å²) in [7, 11) is 0. The van der Waals surface area contributed by atoms with Crippen LogP contribution >= 0.6 is 0 Å². The SMILES string of the molecule is O=CNc1cc(O)c(C(=O)O)c(O)c1. The van der Waals surface area contributed by atoms with Crippen molar-refractivity contribution in [3.05, 3.63) is 17.7 Å². The highest BCUT2D eigenvalue weighted by molar-refractivity contribution is 5.95. The summed E-state index contributed by atoms with van der Waals surface area (Å²) in [5, 5.41) is 29.1. The molecule has 0 aliphatic rings. The quantitative estimate of drug-likeness (QED) is 0.523. The number of carboxylic acids is 1. The first-order valence-corrected chi connectivity index (χ1v) is 3.55. The number of carbonyl (C=O) groups is 2. The Bertz CT molecular complexity index is 364. The van der Waals surface area contributed by atoms with Crippen LogP contribution in [0.15, 0.2) is 12.1 Å².